The second-order valence-electron chi connectivity index (χ2n) is 6.12. The minimum atomic E-state index is -4.87. The predicted octanol–water partition coefficient (Wildman–Crippen LogP) is 4.92. The van der Waals surface area contributed by atoms with E-state index in [-0.39, 0.29) is 39.6 Å². The fourth-order valence-corrected chi connectivity index (χ4v) is 3.73. The van der Waals surface area contributed by atoms with Gasteiger partial charge in [-0.25, -0.2) is 4.39 Å². The van der Waals surface area contributed by atoms with Gasteiger partial charge in [-0.05, 0) is 24.3 Å². The molecule has 0 radical (unpaired) electrons. The molecule has 1 atom stereocenters. The number of halogens is 6. The fourth-order valence-electron chi connectivity index (χ4n) is 2.34. The van der Waals surface area contributed by atoms with Gasteiger partial charge in [0.1, 0.15) is 22.4 Å². The molecule has 0 aliphatic carbocycles. The minimum Gasteiger partial charge on any atom is -0.489 e. The van der Waals surface area contributed by atoms with Crippen LogP contribution in [0.25, 0.3) is 21.1 Å². The van der Waals surface area contributed by atoms with Crippen molar-refractivity contribution in [2.75, 3.05) is 13.2 Å². The van der Waals surface area contributed by atoms with E-state index in [0.29, 0.717) is 10.6 Å². The number of aliphatic hydroxyl groups is 1. The Morgan fingerprint density at radius 1 is 1.06 bits per heavy atom. The highest BCUT2D eigenvalue weighted by molar-refractivity contribution is 7.18. The lowest BCUT2D eigenvalue weighted by Gasteiger charge is -2.12. The van der Waals surface area contributed by atoms with Crippen LogP contribution in [0.1, 0.15) is 0 Å². The van der Waals surface area contributed by atoms with Crippen LogP contribution in [0.15, 0.2) is 30.3 Å². The number of benzene rings is 2. The third-order valence-electron chi connectivity index (χ3n) is 3.77. The summed E-state index contributed by atoms with van der Waals surface area (Å²) >= 11 is 13.1. The number of aromatic nitrogens is 2. The van der Waals surface area contributed by atoms with Crippen LogP contribution in [0.2, 0.25) is 10.0 Å². The predicted molar refractivity (Wildman–Crippen MR) is 108 cm³/mol. The summed E-state index contributed by atoms with van der Waals surface area (Å²) in [6.07, 6.45) is -4.87. The van der Waals surface area contributed by atoms with Gasteiger partial charge < -0.3 is 20.3 Å². The zero-order valence-electron chi connectivity index (χ0n) is 15.3. The molecule has 13 heteroatoms. The van der Waals surface area contributed by atoms with Gasteiger partial charge in [0.05, 0.1) is 22.7 Å². The molecule has 0 bridgehead atoms. The van der Waals surface area contributed by atoms with E-state index in [0.717, 1.165) is 23.5 Å². The van der Waals surface area contributed by atoms with Crippen LogP contribution in [0, 0.1) is 5.82 Å². The third-order valence-corrected chi connectivity index (χ3v) is 5.38. The van der Waals surface area contributed by atoms with E-state index >= 15 is 0 Å². The van der Waals surface area contributed by atoms with Gasteiger partial charge in [-0.3, -0.25) is 0 Å². The molecule has 0 saturated heterocycles. The van der Waals surface area contributed by atoms with Crippen molar-refractivity contribution in [1.82, 2.24) is 10.2 Å². The largest absolute Gasteiger partial charge is 0.573 e. The van der Waals surface area contributed by atoms with Crippen LogP contribution < -0.4 is 15.2 Å². The van der Waals surface area contributed by atoms with Crippen molar-refractivity contribution in [1.29, 1.82) is 0 Å². The monoisotopic (exact) mass is 497 g/mol. The summed E-state index contributed by atoms with van der Waals surface area (Å²) in [6, 6.07) is 5.32. The molecule has 3 rings (SSSR count). The molecular formula is C18H13Cl2F4N3O3S. The summed E-state index contributed by atoms with van der Waals surface area (Å²) < 4.78 is 60.5. The molecule has 0 amide bonds. The first-order chi connectivity index (χ1) is 14.6. The molecule has 6 nitrogen and oxygen atoms in total. The Labute approximate surface area is 187 Å². The molecule has 166 valence electrons. The standard InChI is InChI=1S/C18H13Cl2F4N3O3S/c19-11-5-15(29-7-9(25)6-28)13(21)4-10(11)17-27-26-16(31-17)8-1-2-14(12(20)3-8)30-18(22,23)24/h1-5,9,28H,6-7,25H2/t9-/m1/s1. The van der Waals surface area contributed by atoms with E-state index < -0.39 is 24.0 Å². The van der Waals surface area contributed by atoms with Gasteiger partial charge in [0.15, 0.2) is 11.6 Å². The van der Waals surface area contributed by atoms with Crippen molar-refractivity contribution in [3.63, 3.8) is 0 Å². The maximum atomic E-state index is 14.4. The van der Waals surface area contributed by atoms with Crippen molar-refractivity contribution < 1.29 is 32.1 Å². The molecule has 1 heterocycles. The molecule has 3 aromatic rings. The minimum absolute atomic E-state index is 0.110. The van der Waals surface area contributed by atoms with Gasteiger partial charge in [-0.2, -0.15) is 0 Å². The highest BCUT2D eigenvalue weighted by Gasteiger charge is 2.32. The maximum Gasteiger partial charge on any atom is 0.573 e. The van der Waals surface area contributed by atoms with Gasteiger partial charge in [-0.15, -0.1) is 23.4 Å². The van der Waals surface area contributed by atoms with E-state index in [1.165, 1.54) is 18.2 Å². The van der Waals surface area contributed by atoms with Gasteiger partial charge in [-0.1, -0.05) is 34.5 Å². The summed E-state index contributed by atoms with van der Waals surface area (Å²) in [6.45, 7) is -0.435. The lowest BCUT2D eigenvalue weighted by Crippen LogP contribution is -2.31. The van der Waals surface area contributed by atoms with Crippen LogP contribution in [-0.4, -0.2) is 40.9 Å². The molecule has 31 heavy (non-hydrogen) atoms. The molecule has 0 fully saturated rings. The highest BCUT2D eigenvalue weighted by Crippen LogP contribution is 2.39. The van der Waals surface area contributed by atoms with E-state index in [4.69, 9.17) is 38.8 Å². The first-order valence-corrected chi connectivity index (χ1v) is 10.0. The lowest BCUT2D eigenvalue weighted by atomic mass is 10.2. The van der Waals surface area contributed by atoms with Crippen LogP contribution in [-0.2, 0) is 0 Å². The number of alkyl halides is 3. The maximum absolute atomic E-state index is 14.4. The van der Waals surface area contributed by atoms with Crippen LogP contribution in [0.3, 0.4) is 0 Å². The SMILES string of the molecule is N[C@H](CO)COc1cc(Cl)c(-c2nnc(-c3ccc(OC(F)(F)F)c(Cl)c3)s2)cc1F. The molecule has 3 N–H and O–H groups in total. The Kier molecular flexibility index (Phi) is 7.22. The second kappa shape index (κ2) is 9.53. The third kappa shape index (κ3) is 5.95. The Bertz CT molecular complexity index is 1080. The number of hydrogen-bond donors (Lipinski definition) is 2. The number of ether oxygens (including phenoxy) is 2. The number of nitrogens with two attached hydrogens (primary N) is 1. The number of nitrogens with zero attached hydrogens (tertiary/aromatic N) is 2. The normalized spacial score (nSPS) is 12.6. The summed E-state index contributed by atoms with van der Waals surface area (Å²) in [5.41, 5.74) is 6.15. The van der Waals surface area contributed by atoms with E-state index in [1.807, 2.05) is 0 Å². The average Bonchev–Trinajstić information content (AvgIpc) is 3.18. The average molecular weight is 498 g/mol. The van der Waals surface area contributed by atoms with Crippen LogP contribution in [0.5, 0.6) is 11.5 Å². The van der Waals surface area contributed by atoms with Gasteiger partial charge >= 0.3 is 6.36 Å². The molecule has 0 saturated carbocycles. The Morgan fingerprint density at radius 3 is 2.42 bits per heavy atom. The zero-order chi connectivity index (χ0) is 22.8. The van der Waals surface area contributed by atoms with E-state index in [9.17, 15) is 17.6 Å². The second-order valence-corrected chi connectivity index (χ2v) is 7.91. The van der Waals surface area contributed by atoms with Crippen molar-refractivity contribution in [2.45, 2.75) is 12.4 Å². The first kappa shape index (κ1) is 23.5. The Morgan fingerprint density at radius 2 is 1.77 bits per heavy atom. The first-order valence-electron chi connectivity index (χ1n) is 8.45. The van der Waals surface area contributed by atoms with Crippen molar-refractivity contribution in [3.8, 4) is 32.6 Å². The van der Waals surface area contributed by atoms with Crippen molar-refractivity contribution >= 4 is 34.5 Å². The molecule has 0 aliphatic rings. The zero-order valence-corrected chi connectivity index (χ0v) is 17.6. The van der Waals surface area contributed by atoms with Crippen LogP contribution in [0.4, 0.5) is 17.6 Å². The van der Waals surface area contributed by atoms with Crippen molar-refractivity contribution in [3.05, 3.63) is 46.2 Å². The smallest absolute Gasteiger partial charge is 0.489 e. The number of hydrogen-bond acceptors (Lipinski definition) is 7. The van der Waals surface area contributed by atoms with Crippen LogP contribution >= 0.6 is 34.5 Å². The topological polar surface area (TPSA) is 90.5 Å². The molecular weight excluding hydrogens is 485 g/mol. The summed E-state index contributed by atoms with van der Waals surface area (Å²) in [5.74, 6) is -1.42. The van der Waals surface area contributed by atoms with Crippen molar-refractivity contribution in [2.24, 2.45) is 5.73 Å². The van der Waals surface area contributed by atoms with Gasteiger partial charge in [0.2, 0.25) is 0 Å². The fraction of sp³-hybridized carbons (Fsp3) is 0.222. The summed E-state index contributed by atoms with van der Waals surface area (Å²) in [4.78, 5) is 0. The summed E-state index contributed by atoms with van der Waals surface area (Å²) in [7, 11) is 0. The van der Waals surface area contributed by atoms with E-state index in [2.05, 4.69) is 14.9 Å². The Hall–Kier alpha value is -2.18. The lowest BCUT2D eigenvalue weighted by molar-refractivity contribution is -0.274. The molecule has 0 unspecified atom stereocenters. The molecule has 1 aromatic heterocycles. The molecule has 0 spiro atoms. The quantitative estimate of drug-likeness (QED) is 0.450. The molecule has 2 aromatic carbocycles. The summed E-state index contributed by atoms with van der Waals surface area (Å²) in [5, 5.41) is 17.3. The molecule has 0 aliphatic heterocycles. The van der Waals surface area contributed by atoms with E-state index in [1.54, 1.807) is 0 Å². The number of aliphatic hydroxyl groups excluding tert-OH is 1. The number of rotatable bonds is 7. The van der Waals surface area contributed by atoms with Gasteiger partial charge in [0, 0.05) is 17.2 Å². The Balaban J connectivity index is 1.84. The highest BCUT2D eigenvalue weighted by atomic mass is 35.5. The van der Waals surface area contributed by atoms with Gasteiger partial charge in [0.25, 0.3) is 0 Å².